The highest BCUT2D eigenvalue weighted by atomic mass is 16.2. The molecule has 0 aliphatic carbocycles. The quantitative estimate of drug-likeness (QED) is 0.634. The molecule has 0 spiro atoms. The third-order valence-corrected chi connectivity index (χ3v) is 1.86. The van der Waals surface area contributed by atoms with Crippen molar-refractivity contribution in [2.75, 3.05) is 11.9 Å². The molecule has 0 aromatic heterocycles. The third kappa shape index (κ3) is 3.07. The molecule has 5 nitrogen and oxygen atoms in total. The number of anilines is 1. The first-order valence-corrected chi connectivity index (χ1v) is 4.54. The highest BCUT2D eigenvalue weighted by Crippen LogP contribution is 2.16. The van der Waals surface area contributed by atoms with Crippen molar-refractivity contribution in [3.8, 4) is 0 Å². The number of carbonyl (C=O) groups excluding carboxylic acids is 2. The number of nitrogens with one attached hydrogen (secondary N) is 1. The summed E-state index contributed by atoms with van der Waals surface area (Å²) < 4.78 is 0. The van der Waals surface area contributed by atoms with Crippen LogP contribution in [0, 0.1) is 0 Å². The number of carbonyl (C=O) groups is 2. The summed E-state index contributed by atoms with van der Waals surface area (Å²) in [5.74, 6) is -0.109. The van der Waals surface area contributed by atoms with Crippen LogP contribution in [0.4, 0.5) is 10.5 Å². The maximum Gasteiger partial charge on any atom is 0.316 e. The van der Waals surface area contributed by atoms with Gasteiger partial charge in [0.1, 0.15) is 0 Å². The molecule has 0 fully saturated rings. The molecular weight excluding hydrogens is 194 g/mol. The summed E-state index contributed by atoms with van der Waals surface area (Å²) in [5.41, 5.74) is 11.1. The Morgan fingerprint density at radius 1 is 1.27 bits per heavy atom. The molecule has 5 heteroatoms. The highest BCUT2D eigenvalue weighted by molar-refractivity contribution is 6.04. The normalized spacial score (nSPS) is 9.67. The zero-order valence-electron chi connectivity index (χ0n) is 8.19. The summed E-state index contributed by atoms with van der Waals surface area (Å²) in [4.78, 5) is 22.3. The SMILES string of the molecule is NCCC(=O)c1ccccc1NC(N)=O. The first kappa shape index (κ1) is 11.2. The fraction of sp³-hybridized carbons (Fsp3) is 0.200. The van der Waals surface area contributed by atoms with Gasteiger partial charge in [-0.1, -0.05) is 12.1 Å². The van der Waals surface area contributed by atoms with E-state index < -0.39 is 6.03 Å². The molecule has 2 amide bonds. The summed E-state index contributed by atoms with van der Waals surface area (Å²) >= 11 is 0. The summed E-state index contributed by atoms with van der Waals surface area (Å²) in [7, 11) is 0. The Kier molecular flexibility index (Phi) is 3.82. The van der Waals surface area contributed by atoms with Crippen LogP contribution in [0.2, 0.25) is 0 Å². The molecule has 15 heavy (non-hydrogen) atoms. The van der Waals surface area contributed by atoms with Crippen LogP contribution in [0.5, 0.6) is 0 Å². The van der Waals surface area contributed by atoms with Crippen LogP contribution in [-0.4, -0.2) is 18.4 Å². The molecule has 0 atom stereocenters. The van der Waals surface area contributed by atoms with E-state index in [1.807, 2.05) is 0 Å². The predicted octanol–water partition coefficient (Wildman–Crippen LogP) is 0.709. The van der Waals surface area contributed by atoms with Gasteiger partial charge in [0.05, 0.1) is 5.69 Å². The van der Waals surface area contributed by atoms with E-state index in [1.54, 1.807) is 24.3 Å². The molecule has 1 rings (SSSR count). The molecule has 0 bridgehead atoms. The van der Waals surface area contributed by atoms with E-state index in [0.717, 1.165) is 0 Å². The van der Waals surface area contributed by atoms with Gasteiger partial charge >= 0.3 is 6.03 Å². The molecule has 5 N–H and O–H groups in total. The van der Waals surface area contributed by atoms with Gasteiger partial charge in [0.25, 0.3) is 0 Å². The molecule has 0 aliphatic heterocycles. The second-order valence-electron chi connectivity index (χ2n) is 3.00. The lowest BCUT2D eigenvalue weighted by Gasteiger charge is -2.07. The Morgan fingerprint density at radius 3 is 2.53 bits per heavy atom. The Bertz CT molecular complexity index is 377. The van der Waals surface area contributed by atoms with Crippen molar-refractivity contribution in [2.24, 2.45) is 11.5 Å². The van der Waals surface area contributed by atoms with Crippen LogP contribution in [-0.2, 0) is 0 Å². The minimum absolute atomic E-state index is 0.109. The molecular formula is C10H13N3O2. The average Bonchev–Trinajstić information content (AvgIpc) is 2.18. The minimum atomic E-state index is -0.692. The number of benzene rings is 1. The first-order chi connectivity index (χ1) is 7.15. The number of urea groups is 1. The maximum atomic E-state index is 11.6. The summed E-state index contributed by atoms with van der Waals surface area (Å²) in [6.45, 7) is 0.281. The van der Waals surface area contributed by atoms with Gasteiger partial charge in [0, 0.05) is 12.0 Å². The van der Waals surface area contributed by atoms with Gasteiger partial charge in [0.2, 0.25) is 0 Å². The largest absolute Gasteiger partial charge is 0.351 e. The average molecular weight is 207 g/mol. The third-order valence-electron chi connectivity index (χ3n) is 1.86. The minimum Gasteiger partial charge on any atom is -0.351 e. The fourth-order valence-electron chi connectivity index (χ4n) is 1.23. The van der Waals surface area contributed by atoms with Crippen molar-refractivity contribution < 1.29 is 9.59 Å². The van der Waals surface area contributed by atoms with Crippen molar-refractivity contribution in [3.63, 3.8) is 0 Å². The molecule has 0 heterocycles. The van der Waals surface area contributed by atoms with Gasteiger partial charge in [-0.05, 0) is 18.7 Å². The van der Waals surface area contributed by atoms with Crippen molar-refractivity contribution >= 4 is 17.5 Å². The van der Waals surface area contributed by atoms with Crippen LogP contribution in [0.15, 0.2) is 24.3 Å². The summed E-state index contributed by atoms with van der Waals surface area (Å²) in [6.07, 6.45) is 0.247. The van der Waals surface area contributed by atoms with Crippen LogP contribution in [0.3, 0.4) is 0 Å². The van der Waals surface area contributed by atoms with E-state index in [2.05, 4.69) is 5.32 Å². The molecule has 1 aromatic rings. The van der Waals surface area contributed by atoms with Crippen LogP contribution < -0.4 is 16.8 Å². The number of ketones is 1. The van der Waals surface area contributed by atoms with Gasteiger partial charge < -0.3 is 16.8 Å². The van der Waals surface area contributed by atoms with Crippen LogP contribution >= 0.6 is 0 Å². The van der Waals surface area contributed by atoms with E-state index in [0.29, 0.717) is 11.3 Å². The highest BCUT2D eigenvalue weighted by Gasteiger charge is 2.10. The first-order valence-electron chi connectivity index (χ1n) is 4.54. The number of primary amides is 1. The number of amides is 2. The van der Waals surface area contributed by atoms with Gasteiger partial charge in [-0.3, -0.25) is 4.79 Å². The zero-order chi connectivity index (χ0) is 11.3. The number of rotatable bonds is 4. The smallest absolute Gasteiger partial charge is 0.316 e. The van der Waals surface area contributed by atoms with E-state index in [4.69, 9.17) is 11.5 Å². The Morgan fingerprint density at radius 2 is 1.93 bits per heavy atom. The van der Waals surface area contributed by atoms with E-state index in [1.165, 1.54) is 0 Å². The summed E-state index contributed by atoms with van der Waals surface area (Å²) in [6, 6.07) is 5.99. The van der Waals surface area contributed by atoms with Gasteiger partial charge in [0.15, 0.2) is 5.78 Å². The molecule has 0 unspecified atom stereocenters. The monoisotopic (exact) mass is 207 g/mol. The van der Waals surface area contributed by atoms with Crippen LogP contribution in [0.25, 0.3) is 0 Å². The zero-order valence-corrected chi connectivity index (χ0v) is 8.19. The molecule has 0 saturated carbocycles. The molecule has 0 aliphatic rings. The number of hydrogen-bond donors (Lipinski definition) is 3. The second kappa shape index (κ2) is 5.11. The van der Waals surface area contributed by atoms with E-state index >= 15 is 0 Å². The number of Topliss-reactive ketones (excluding diaryl/α,β-unsaturated/α-hetero) is 1. The van der Waals surface area contributed by atoms with Gasteiger partial charge in [-0.25, -0.2) is 4.79 Å². The van der Waals surface area contributed by atoms with Crippen molar-refractivity contribution in [2.45, 2.75) is 6.42 Å². The number of para-hydroxylation sites is 1. The Labute approximate surface area is 87.4 Å². The second-order valence-corrected chi connectivity index (χ2v) is 3.00. The lowest BCUT2D eigenvalue weighted by atomic mass is 10.1. The van der Waals surface area contributed by atoms with Gasteiger partial charge in [-0.2, -0.15) is 0 Å². The fourth-order valence-corrected chi connectivity index (χ4v) is 1.23. The van der Waals surface area contributed by atoms with Crippen molar-refractivity contribution in [3.05, 3.63) is 29.8 Å². The van der Waals surface area contributed by atoms with E-state index in [9.17, 15) is 9.59 Å². The lowest BCUT2D eigenvalue weighted by molar-refractivity contribution is 0.0986. The number of nitrogens with two attached hydrogens (primary N) is 2. The van der Waals surface area contributed by atoms with E-state index in [-0.39, 0.29) is 18.7 Å². The van der Waals surface area contributed by atoms with Crippen LogP contribution in [0.1, 0.15) is 16.8 Å². The number of hydrogen-bond acceptors (Lipinski definition) is 3. The standard InChI is InChI=1S/C10H13N3O2/c11-6-5-9(14)7-3-1-2-4-8(7)13-10(12)15/h1-4H,5-6,11H2,(H3,12,13,15). The molecule has 0 saturated heterocycles. The predicted molar refractivity (Wildman–Crippen MR) is 57.7 cm³/mol. The Hall–Kier alpha value is -1.88. The van der Waals surface area contributed by atoms with Crippen molar-refractivity contribution in [1.82, 2.24) is 0 Å². The molecule has 80 valence electrons. The molecule has 0 radical (unpaired) electrons. The lowest BCUT2D eigenvalue weighted by Crippen LogP contribution is -2.21. The molecule has 1 aromatic carbocycles. The van der Waals surface area contributed by atoms with Gasteiger partial charge in [-0.15, -0.1) is 0 Å². The summed E-state index contributed by atoms with van der Waals surface area (Å²) in [5, 5.41) is 2.39. The van der Waals surface area contributed by atoms with Crippen molar-refractivity contribution in [1.29, 1.82) is 0 Å². The maximum absolute atomic E-state index is 11.6. The Balaban J connectivity index is 2.95. The topological polar surface area (TPSA) is 98.2 Å².